The van der Waals surface area contributed by atoms with Crippen molar-refractivity contribution in [3.05, 3.63) is 12.2 Å². The fourth-order valence-electron chi connectivity index (χ4n) is 0.979. The zero-order chi connectivity index (χ0) is 8.53. The zero-order valence-corrected chi connectivity index (χ0v) is 7.97. The van der Waals surface area contributed by atoms with Gasteiger partial charge in [-0.25, -0.2) is 0 Å². The number of methoxy groups -OCH3 is 1. The van der Waals surface area contributed by atoms with Crippen molar-refractivity contribution in [1.29, 1.82) is 0 Å². The lowest BCUT2D eigenvalue weighted by atomic mass is 10.1. The molecule has 1 heteroatoms. The third kappa shape index (κ3) is 7.60. The highest BCUT2D eigenvalue weighted by atomic mass is 16.5. The molecule has 0 bridgehead atoms. The molecule has 66 valence electrons. The number of allylic oxidation sites excluding steroid dienone is 2. The quantitative estimate of drug-likeness (QED) is 0.424. The highest BCUT2D eigenvalue weighted by Gasteiger charge is 1.96. The Hall–Kier alpha value is -0.300. The van der Waals surface area contributed by atoms with Gasteiger partial charge >= 0.3 is 0 Å². The lowest BCUT2D eigenvalue weighted by Gasteiger charge is -2.07. The van der Waals surface area contributed by atoms with Crippen LogP contribution in [0.25, 0.3) is 0 Å². The van der Waals surface area contributed by atoms with Crippen molar-refractivity contribution >= 4 is 0 Å². The second-order valence-electron chi connectivity index (χ2n) is 2.90. The molecule has 0 aromatic heterocycles. The van der Waals surface area contributed by atoms with Gasteiger partial charge in [-0.2, -0.15) is 0 Å². The van der Waals surface area contributed by atoms with Crippen molar-refractivity contribution < 1.29 is 4.74 Å². The van der Waals surface area contributed by atoms with Crippen LogP contribution >= 0.6 is 0 Å². The number of ether oxygens (including phenoxy) is 1. The van der Waals surface area contributed by atoms with E-state index in [9.17, 15) is 0 Å². The molecule has 0 aromatic carbocycles. The van der Waals surface area contributed by atoms with Gasteiger partial charge < -0.3 is 4.74 Å². The molecule has 1 nitrogen and oxygen atoms in total. The van der Waals surface area contributed by atoms with E-state index in [0.717, 1.165) is 0 Å². The van der Waals surface area contributed by atoms with Crippen LogP contribution in [0, 0.1) is 0 Å². The first-order valence-electron chi connectivity index (χ1n) is 4.45. The second-order valence-corrected chi connectivity index (χ2v) is 2.90. The van der Waals surface area contributed by atoms with Crippen LogP contribution in [0.5, 0.6) is 0 Å². The first kappa shape index (κ1) is 10.7. The summed E-state index contributed by atoms with van der Waals surface area (Å²) in [5.74, 6) is 0. The van der Waals surface area contributed by atoms with E-state index in [4.69, 9.17) is 4.74 Å². The van der Waals surface area contributed by atoms with Crippen LogP contribution in [0.15, 0.2) is 12.2 Å². The fourth-order valence-corrected chi connectivity index (χ4v) is 0.979. The predicted molar refractivity (Wildman–Crippen MR) is 49.8 cm³/mol. The molecule has 0 aliphatic carbocycles. The number of rotatable bonds is 6. The molecule has 0 radical (unpaired) electrons. The first-order valence-corrected chi connectivity index (χ1v) is 4.45. The molecule has 0 rings (SSSR count). The van der Waals surface area contributed by atoms with Gasteiger partial charge in [-0.15, -0.1) is 0 Å². The summed E-state index contributed by atoms with van der Waals surface area (Å²) in [6.45, 7) is 4.19. The minimum absolute atomic E-state index is 0.431. The van der Waals surface area contributed by atoms with Crippen LogP contribution < -0.4 is 0 Å². The van der Waals surface area contributed by atoms with Crippen molar-refractivity contribution in [1.82, 2.24) is 0 Å². The van der Waals surface area contributed by atoms with Crippen molar-refractivity contribution in [3.63, 3.8) is 0 Å². The zero-order valence-electron chi connectivity index (χ0n) is 7.97. The number of hydrogen-bond acceptors (Lipinski definition) is 1. The van der Waals surface area contributed by atoms with E-state index in [1.54, 1.807) is 7.11 Å². The van der Waals surface area contributed by atoms with Gasteiger partial charge in [0, 0.05) is 7.11 Å². The van der Waals surface area contributed by atoms with Crippen molar-refractivity contribution in [2.24, 2.45) is 0 Å². The topological polar surface area (TPSA) is 9.23 Å². The molecule has 0 fully saturated rings. The Bertz CT molecular complexity index is 97.0. The molecule has 0 aliphatic rings. The minimum Gasteiger partial charge on any atom is -0.382 e. The maximum atomic E-state index is 5.14. The summed E-state index contributed by atoms with van der Waals surface area (Å²) in [5, 5.41) is 0. The first-order chi connectivity index (χ1) is 5.31. The highest BCUT2D eigenvalue weighted by Crippen LogP contribution is 2.05. The van der Waals surface area contributed by atoms with Crippen LogP contribution in [0.4, 0.5) is 0 Å². The van der Waals surface area contributed by atoms with Crippen molar-refractivity contribution in [2.75, 3.05) is 7.11 Å². The van der Waals surface area contributed by atoms with Gasteiger partial charge in [-0.05, 0) is 33.1 Å². The monoisotopic (exact) mass is 156 g/mol. The molecular weight excluding hydrogens is 136 g/mol. The van der Waals surface area contributed by atoms with Crippen LogP contribution in [0.3, 0.4) is 0 Å². The summed E-state index contributed by atoms with van der Waals surface area (Å²) in [5.41, 5.74) is 0. The van der Waals surface area contributed by atoms with E-state index in [2.05, 4.69) is 26.0 Å². The Labute approximate surface area is 70.4 Å². The van der Waals surface area contributed by atoms with Crippen molar-refractivity contribution in [3.8, 4) is 0 Å². The molecule has 0 heterocycles. The van der Waals surface area contributed by atoms with E-state index in [0.29, 0.717) is 6.10 Å². The van der Waals surface area contributed by atoms with E-state index in [1.807, 2.05) is 0 Å². The third-order valence-corrected chi connectivity index (χ3v) is 1.87. The summed E-state index contributed by atoms with van der Waals surface area (Å²) in [6.07, 6.45) is 9.73. The molecule has 0 N–H and O–H groups in total. The molecular formula is C10H20O. The van der Waals surface area contributed by atoms with Gasteiger partial charge in [0.15, 0.2) is 0 Å². The van der Waals surface area contributed by atoms with Gasteiger partial charge in [0.25, 0.3) is 0 Å². The Kier molecular flexibility index (Phi) is 7.59. The molecule has 0 aromatic rings. The lowest BCUT2D eigenvalue weighted by molar-refractivity contribution is 0.108. The second kappa shape index (κ2) is 7.80. The van der Waals surface area contributed by atoms with E-state index >= 15 is 0 Å². The molecule has 0 unspecified atom stereocenters. The van der Waals surface area contributed by atoms with Crippen LogP contribution in [0.1, 0.15) is 39.5 Å². The summed E-state index contributed by atoms with van der Waals surface area (Å²) < 4.78 is 5.14. The molecule has 0 aliphatic heterocycles. The standard InChI is InChI=1S/C10H20O/c1-4-5-6-7-8-9-10(2)11-3/h4-5,10H,6-9H2,1-3H3/b5-4+/t10-/m1/s1. The van der Waals surface area contributed by atoms with E-state index < -0.39 is 0 Å². The Morgan fingerprint density at radius 2 is 2.09 bits per heavy atom. The van der Waals surface area contributed by atoms with Gasteiger partial charge in [-0.1, -0.05) is 18.6 Å². The third-order valence-electron chi connectivity index (χ3n) is 1.87. The maximum absolute atomic E-state index is 5.14. The van der Waals surface area contributed by atoms with E-state index in [1.165, 1.54) is 25.7 Å². The smallest absolute Gasteiger partial charge is 0.0543 e. The Morgan fingerprint density at radius 3 is 2.64 bits per heavy atom. The summed E-state index contributed by atoms with van der Waals surface area (Å²) >= 11 is 0. The van der Waals surface area contributed by atoms with Crippen LogP contribution in [0.2, 0.25) is 0 Å². The minimum atomic E-state index is 0.431. The van der Waals surface area contributed by atoms with E-state index in [-0.39, 0.29) is 0 Å². The van der Waals surface area contributed by atoms with Gasteiger partial charge in [0.1, 0.15) is 0 Å². The SMILES string of the molecule is C/C=C/CCCC[C@@H](C)OC. The predicted octanol–water partition coefficient (Wildman–Crippen LogP) is 3.16. The Balaban J connectivity index is 3.01. The highest BCUT2D eigenvalue weighted by molar-refractivity contribution is 4.76. The molecule has 0 amide bonds. The molecule has 11 heavy (non-hydrogen) atoms. The summed E-state index contributed by atoms with van der Waals surface area (Å²) in [7, 11) is 1.77. The average molecular weight is 156 g/mol. The molecule has 0 saturated heterocycles. The Morgan fingerprint density at radius 1 is 1.36 bits per heavy atom. The largest absolute Gasteiger partial charge is 0.382 e. The summed E-state index contributed by atoms with van der Waals surface area (Å²) in [4.78, 5) is 0. The average Bonchev–Trinajstić information content (AvgIpc) is 2.04. The van der Waals surface area contributed by atoms with Crippen molar-refractivity contribution in [2.45, 2.75) is 45.6 Å². The van der Waals surface area contributed by atoms with Gasteiger partial charge in [-0.3, -0.25) is 0 Å². The molecule has 1 atom stereocenters. The number of hydrogen-bond donors (Lipinski definition) is 0. The lowest BCUT2D eigenvalue weighted by Crippen LogP contribution is -2.03. The van der Waals surface area contributed by atoms with Crippen LogP contribution in [-0.2, 0) is 4.74 Å². The van der Waals surface area contributed by atoms with Crippen LogP contribution in [-0.4, -0.2) is 13.2 Å². The molecule has 0 saturated carbocycles. The van der Waals surface area contributed by atoms with Gasteiger partial charge in [0.05, 0.1) is 6.10 Å². The summed E-state index contributed by atoms with van der Waals surface area (Å²) in [6, 6.07) is 0. The maximum Gasteiger partial charge on any atom is 0.0543 e. The van der Waals surface area contributed by atoms with Gasteiger partial charge in [0.2, 0.25) is 0 Å². The number of unbranched alkanes of at least 4 members (excludes halogenated alkanes) is 2. The fraction of sp³-hybridized carbons (Fsp3) is 0.800. The molecule has 0 spiro atoms. The normalized spacial score (nSPS) is 14.1.